The zero-order chi connectivity index (χ0) is 18.9. The molecule has 1 amide bonds. The highest BCUT2D eigenvalue weighted by molar-refractivity contribution is 7.14. The summed E-state index contributed by atoms with van der Waals surface area (Å²) in [6.45, 7) is 3.47. The van der Waals surface area contributed by atoms with Crippen LogP contribution in [0.3, 0.4) is 0 Å². The van der Waals surface area contributed by atoms with E-state index in [-0.39, 0.29) is 24.2 Å². The van der Waals surface area contributed by atoms with Crippen LogP contribution in [0.15, 0.2) is 6.07 Å². The van der Waals surface area contributed by atoms with Gasteiger partial charge < -0.3 is 19.9 Å². The van der Waals surface area contributed by atoms with E-state index >= 15 is 0 Å². The Balaban J connectivity index is 1.44. The van der Waals surface area contributed by atoms with Gasteiger partial charge in [-0.25, -0.2) is 0 Å². The van der Waals surface area contributed by atoms with Gasteiger partial charge in [0.1, 0.15) is 0 Å². The molecule has 1 spiro atoms. The van der Waals surface area contributed by atoms with Crippen molar-refractivity contribution in [1.29, 1.82) is 0 Å². The standard InChI is InChI=1S/C19H26N2O5S/c22-17(23)12-21-6-4-19(5-7-21)14-10-16(27-15(14)3-9-26-19)18(24)20-11-13-2-1-8-25-13/h10,13H,1-9,11-12H2,(H,20,24)(H,22,23). The van der Waals surface area contributed by atoms with E-state index in [9.17, 15) is 9.59 Å². The summed E-state index contributed by atoms with van der Waals surface area (Å²) in [5.74, 6) is -0.833. The molecule has 2 fully saturated rings. The van der Waals surface area contributed by atoms with Crippen molar-refractivity contribution in [2.45, 2.75) is 43.8 Å². The fourth-order valence-corrected chi connectivity index (χ4v) is 5.45. The number of nitrogens with one attached hydrogen (secondary N) is 1. The molecule has 0 aromatic carbocycles. The lowest BCUT2D eigenvalue weighted by Gasteiger charge is -2.43. The Morgan fingerprint density at radius 3 is 2.85 bits per heavy atom. The van der Waals surface area contributed by atoms with Crippen LogP contribution in [0.1, 0.15) is 45.8 Å². The Bertz CT molecular complexity index is 705. The predicted octanol–water partition coefficient (Wildman–Crippen LogP) is 1.61. The van der Waals surface area contributed by atoms with Crippen LogP contribution in [0.5, 0.6) is 0 Å². The number of thiophene rings is 1. The summed E-state index contributed by atoms with van der Waals surface area (Å²) in [7, 11) is 0. The van der Waals surface area contributed by atoms with Gasteiger partial charge in [-0.15, -0.1) is 11.3 Å². The van der Waals surface area contributed by atoms with E-state index in [4.69, 9.17) is 14.6 Å². The molecule has 3 aliphatic rings. The molecule has 4 heterocycles. The maximum Gasteiger partial charge on any atom is 0.317 e. The smallest absolute Gasteiger partial charge is 0.317 e. The maximum absolute atomic E-state index is 12.6. The van der Waals surface area contributed by atoms with Crippen LogP contribution in [0.4, 0.5) is 0 Å². The second kappa shape index (κ2) is 7.87. The Morgan fingerprint density at radius 2 is 2.15 bits per heavy atom. The number of carbonyl (C=O) groups excluding carboxylic acids is 1. The summed E-state index contributed by atoms with van der Waals surface area (Å²) in [5, 5.41) is 12.0. The summed E-state index contributed by atoms with van der Waals surface area (Å²) >= 11 is 1.56. The fourth-order valence-electron chi connectivity index (χ4n) is 4.31. The number of carboxylic acid groups (broad SMARTS) is 1. The number of amides is 1. The zero-order valence-electron chi connectivity index (χ0n) is 15.4. The van der Waals surface area contributed by atoms with E-state index in [1.807, 2.05) is 11.0 Å². The lowest BCUT2D eigenvalue weighted by molar-refractivity contribution is -0.141. The topological polar surface area (TPSA) is 88.1 Å². The molecular formula is C19H26N2O5S. The number of rotatable bonds is 5. The normalized spacial score (nSPS) is 24.7. The molecule has 1 atom stereocenters. The summed E-state index contributed by atoms with van der Waals surface area (Å²) in [4.78, 5) is 27.5. The van der Waals surface area contributed by atoms with Crippen molar-refractivity contribution in [2.75, 3.05) is 39.4 Å². The summed E-state index contributed by atoms with van der Waals surface area (Å²) in [6, 6.07) is 2.00. The van der Waals surface area contributed by atoms with Gasteiger partial charge in [-0.05, 0) is 37.3 Å². The van der Waals surface area contributed by atoms with Crippen LogP contribution < -0.4 is 5.32 Å². The molecule has 1 aromatic rings. The van der Waals surface area contributed by atoms with E-state index in [0.717, 1.165) is 49.2 Å². The molecule has 4 rings (SSSR count). The molecule has 27 heavy (non-hydrogen) atoms. The monoisotopic (exact) mass is 394 g/mol. The quantitative estimate of drug-likeness (QED) is 0.789. The Labute approximate surface area is 162 Å². The minimum absolute atomic E-state index is 0.0386. The number of carbonyl (C=O) groups is 2. The summed E-state index contributed by atoms with van der Waals surface area (Å²) in [6.07, 6.45) is 4.57. The lowest BCUT2D eigenvalue weighted by Crippen LogP contribution is -2.47. The van der Waals surface area contributed by atoms with Gasteiger partial charge in [0.15, 0.2) is 0 Å². The second-order valence-corrected chi connectivity index (χ2v) is 8.69. The van der Waals surface area contributed by atoms with Crippen molar-refractivity contribution in [3.05, 3.63) is 21.4 Å². The third-order valence-corrected chi connectivity index (χ3v) is 6.96. The van der Waals surface area contributed by atoms with Gasteiger partial charge in [0.25, 0.3) is 5.91 Å². The molecular weight excluding hydrogens is 368 g/mol. The second-order valence-electron chi connectivity index (χ2n) is 7.56. The van der Waals surface area contributed by atoms with Crippen LogP contribution in [0, 0.1) is 0 Å². The molecule has 0 radical (unpaired) electrons. The molecule has 7 nitrogen and oxygen atoms in total. The molecule has 2 N–H and O–H groups in total. The van der Waals surface area contributed by atoms with Gasteiger partial charge in [-0.3, -0.25) is 14.5 Å². The number of nitrogens with zero attached hydrogens (tertiary/aromatic N) is 1. The molecule has 0 bridgehead atoms. The largest absolute Gasteiger partial charge is 0.480 e. The lowest BCUT2D eigenvalue weighted by atomic mass is 9.82. The molecule has 1 unspecified atom stereocenters. The van der Waals surface area contributed by atoms with Crippen LogP contribution >= 0.6 is 11.3 Å². The number of ether oxygens (including phenoxy) is 2. The van der Waals surface area contributed by atoms with E-state index < -0.39 is 5.97 Å². The van der Waals surface area contributed by atoms with Crippen LogP contribution in [-0.4, -0.2) is 67.4 Å². The average Bonchev–Trinajstić information content (AvgIpc) is 3.31. The number of fused-ring (bicyclic) bond motifs is 2. The van der Waals surface area contributed by atoms with Gasteiger partial charge in [-0.2, -0.15) is 0 Å². The van der Waals surface area contributed by atoms with Crippen molar-refractivity contribution in [3.63, 3.8) is 0 Å². The number of hydrogen-bond acceptors (Lipinski definition) is 6. The fraction of sp³-hybridized carbons (Fsp3) is 0.684. The third kappa shape index (κ3) is 4.03. The molecule has 148 valence electrons. The average molecular weight is 394 g/mol. The minimum atomic E-state index is -0.795. The molecule has 2 saturated heterocycles. The molecule has 3 aliphatic heterocycles. The first-order chi connectivity index (χ1) is 13.1. The minimum Gasteiger partial charge on any atom is -0.480 e. The van der Waals surface area contributed by atoms with Crippen molar-refractivity contribution in [2.24, 2.45) is 0 Å². The number of piperidine rings is 1. The van der Waals surface area contributed by atoms with Gasteiger partial charge in [0, 0.05) is 37.5 Å². The van der Waals surface area contributed by atoms with E-state index in [2.05, 4.69) is 5.32 Å². The Kier molecular flexibility index (Phi) is 5.50. The highest BCUT2D eigenvalue weighted by Gasteiger charge is 2.42. The van der Waals surface area contributed by atoms with E-state index in [0.29, 0.717) is 26.2 Å². The first-order valence-corrected chi connectivity index (χ1v) is 10.5. The highest BCUT2D eigenvalue weighted by Crippen LogP contribution is 2.44. The molecule has 0 aliphatic carbocycles. The number of hydrogen-bond donors (Lipinski definition) is 2. The Morgan fingerprint density at radius 1 is 1.33 bits per heavy atom. The maximum atomic E-state index is 12.6. The van der Waals surface area contributed by atoms with Crippen LogP contribution in [-0.2, 0) is 26.3 Å². The molecule has 0 saturated carbocycles. The van der Waals surface area contributed by atoms with Gasteiger partial charge >= 0.3 is 5.97 Å². The first kappa shape index (κ1) is 18.9. The highest BCUT2D eigenvalue weighted by atomic mass is 32.1. The van der Waals surface area contributed by atoms with E-state index in [1.54, 1.807) is 11.3 Å². The van der Waals surface area contributed by atoms with E-state index in [1.165, 1.54) is 4.88 Å². The zero-order valence-corrected chi connectivity index (χ0v) is 16.2. The third-order valence-electron chi connectivity index (χ3n) is 5.77. The van der Waals surface area contributed by atoms with Crippen molar-refractivity contribution in [1.82, 2.24) is 10.2 Å². The molecule has 8 heteroatoms. The number of likely N-dealkylation sites (tertiary alicyclic amines) is 1. The first-order valence-electron chi connectivity index (χ1n) is 9.67. The summed E-state index contributed by atoms with van der Waals surface area (Å²) < 4.78 is 11.8. The number of carboxylic acids is 1. The SMILES string of the molecule is O=C(O)CN1CCC2(CC1)OCCc1sc(C(=O)NCC3CCCO3)cc12. The van der Waals surface area contributed by atoms with Gasteiger partial charge in [0.2, 0.25) is 0 Å². The molecule has 1 aromatic heterocycles. The van der Waals surface area contributed by atoms with Gasteiger partial charge in [0.05, 0.1) is 29.7 Å². The van der Waals surface area contributed by atoms with Crippen LogP contribution in [0.2, 0.25) is 0 Å². The van der Waals surface area contributed by atoms with Gasteiger partial charge in [-0.1, -0.05) is 0 Å². The predicted molar refractivity (Wildman–Crippen MR) is 100 cm³/mol. The van der Waals surface area contributed by atoms with Crippen molar-refractivity contribution >= 4 is 23.2 Å². The van der Waals surface area contributed by atoms with Crippen molar-refractivity contribution in [3.8, 4) is 0 Å². The van der Waals surface area contributed by atoms with Crippen molar-refractivity contribution < 1.29 is 24.2 Å². The Hall–Kier alpha value is -1.48. The summed E-state index contributed by atoms with van der Waals surface area (Å²) in [5.41, 5.74) is 0.766. The number of aliphatic carboxylic acids is 1. The van der Waals surface area contributed by atoms with Crippen LogP contribution in [0.25, 0.3) is 0 Å².